The van der Waals surface area contributed by atoms with E-state index in [1.54, 1.807) is 13.2 Å². The molecular weight excluding hydrogens is 241 g/mol. The summed E-state index contributed by atoms with van der Waals surface area (Å²) in [7, 11) is 3.56. The van der Waals surface area contributed by atoms with Gasteiger partial charge in [0.2, 0.25) is 0 Å². The largest absolute Gasteiger partial charge is 0.385 e. The second kappa shape index (κ2) is 6.94. The van der Waals surface area contributed by atoms with Crippen LogP contribution < -0.4 is 5.32 Å². The topological polar surface area (TPSA) is 21.3 Å². The van der Waals surface area contributed by atoms with Crippen LogP contribution in [-0.4, -0.2) is 20.8 Å². The maximum Gasteiger partial charge on any atom is 0.142 e. The van der Waals surface area contributed by atoms with Crippen LogP contribution in [0.1, 0.15) is 24.9 Å². The van der Waals surface area contributed by atoms with Crippen molar-refractivity contribution in [3.63, 3.8) is 0 Å². The van der Waals surface area contributed by atoms with Gasteiger partial charge in [0, 0.05) is 19.8 Å². The first kappa shape index (κ1) is 14.4. The molecule has 0 aliphatic rings. The van der Waals surface area contributed by atoms with E-state index >= 15 is 0 Å². The number of rotatable bonds is 6. The van der Waals surface area contributed by atoms with Gasteiger partial charge in [-0.15, -0.1) is 0 Å². The molecule has 0 amide bonds. The zero-order chi connectivity index (χ0) is 12.8. The molecule has 0 aliphatic carbocycles. The summed E-state index contributed by atoms with van der Waals surface area (Å²) in [6.45, 7) is 2.82. The Morgan fingerprint density at radius 1 is 1.47 bits per heavy atom. The third-order valence-corrected chi connectivity index (χ3v) is 3.27. The van der Waals surface area contributed by atoms with Gasteiger partial charge in [-0.25, -0.2) is 4.39 Å². The van der Waals surface area contributed by atoms with Crippen LogP contribution in [0.25, 0.3) is 0 Å². The highest BCUT2D eigenvalue weighted by atomic mass is 35.5. The van der Waals surface area contributed by atoms with Crippen LogP contribution in [-0.2, 0) is 4.74 Å². The van der Waals surface area contributed by atoms with E-state index < -0.39 is 0 Å². The summed E-state index contributed by atoms with van der Waals surface area (Å²) < 4.78 is 18.5. The lowest BCUT2D eigenvalue weighted by atomic mass is 9.92. The van der Waals surface area contributed by atoms with Crippen molar-refractivity contribution in [2.45, 2.75) is 19.4 Å². The van der Waals surface area contributed by atoms with Crippen LogP contribution in [0.4, 0.5) is 4.39 Å². The summed E-state index contributed by atoms with van der Waals surface area (Å²) in [5.41, 5.74) is 0.915. The summed E-state index contributed by atoms with van der Waals surface area (Å²) in [6.07, 6.45) is 0.923. The Kier molecular flexibility index (Phi) is 5.89. The summed E-state index contributed by atoms with van der Waals surface area (Å²) in [5, 5.41) is 3.37. The van der Waals surface area contributed by atoms with Crippen LogP contribution in [0.5, 0.6) is 0 Å². The van der Waals surface area contributed by atoms with E-state index in [0.717, 1.165) is 12.0 Å². The molecule has 1 aromatic carbocycles. The van der Waals surface area contributed by atoms with Gasteiger partial charge >= 0.3 is 0 Å². The minimum absolute atomic E-state index is 0.108. The number of hydrogen-bond donors (Lipinski definition) is 1. The minimum atomic E-state index is -0.372. The van der Waals surface area contributed by atoms with Crippen molar-refractivity contribution in [3.8, 4) is 0 Å². The van der Waals surface area contributed by atoms with Crippen LogP contribution >= 0.6 is 11.6 Å². The van der Waals surface area contributed by atoms with Gasteiger partial charge in [-0.1, -0.05) is 24.6 Å². The molecule has 96 valence electrons. The van der Waals surface area contributed by atoms with Crippen LogP contribution in [0, 0.1) is 11.7 Å². The molecule has 0 fully saturated rings. The van der Waals surface area contributed by atoms with Crippen molar-refractivity contribution in [3.05, 3.63) is 34.6 Å². The predicted octanol–water partition coefficient (Wildman–Crippen LogP) is 3.41. The molecule has 2 atom stereocenters. The molecule has 1 aromatic rings. The molecular formula is C13H19ClFNO. The molecule has 1 rings (SSSR count). The molecule has 0 bridgehead atoms. The molecule has 2 unspecified atom stereocenters. The Bertz CT molecular complexity index is 359. The maximum atomic E-state index is 13.4. The normalized spacial score (nSPS) is 14.6. The fraction of sp³-hybridized carbons (Fsp3) is 0.538. The van der Waals surface area contributed by atoms with Crippen LogP contribution in [0.3, 0.4) is 0 Å². The number of methoxy groups -OCH3 is 1. The number of nitrogens with one attached hydrogen (secondary N) is 1. The zero-order valence-electron chi connectivity index (χ0n) is 10.5. The number of benzene rings is 1. The van der Waals surface area contributed by atoms with Crippen molar-refractivity contribution < 1.29 is 9.13 Å². The van der Waals surface area contributed by atoms with E-state index in [-0.39, 0.29) is 16.9 Å². The van der Waals surface area contributed by atoms with Gasteiger partial charge < -0.3 is 10.1 Å². The van der Waals surface area contributed by atoms with Crippen molar-refractivity contribution in [1.82, 2.24) is 5.32 Å². The zero-order valence-corrected chi connectivity index (χ0v) is 11.2. The summed E-state index contributed by atoms with van der Waals surface area (Å²) in [5.74, 6) is -0.0103. The van der Waals surface area contributed by atoms with E-state index in [9.17, 15) is 4.39 Å². The lowest BCUT2D eigenvalue weighted by Gasteiger charge is -2.24. The summed E-state index contributed by atoms with van der Waals surface area (Å²) >= 11 is 5.68. The van der Waals surface area contributed by atoms with Gasteiger partial charge in [0.25, 0.3) is 0 Å². The molecule has 0 saturated heterocycles. The van der Waals surface area contributed by atoms with Gasteiger partial charge in [-0.3, -0.25) is 0 Å². The fourth-order valence-corrected chi connectivity index (χ4v) is 2.07. The highest BCUT2D eigenvalue weighted by Gasteiger charge is 2.18. The molecule has 0 saturated carbocycles. The second-order valence-electron chi connectivity index (χ2n) is 4.20. The van der Waals surface area contributed by atoms with E-state index in [0.29, 0.717) is 12.5 Å². The molecule has 0 heterocycles. The molecule has 0 radical (unpaired) electrons. The fourth-order valence-electron chi connectivity index (χ4n) is 1.96. The van der Waals surface area contributed by atoms with Gasteiger partial charge in [-0.2, -0.15) is 0 Å². The number of hydrogen-bond acceptors (Lipinski definition) is 2. The number of halogens is 2. The average molecular weight is 260 g/mol. The Morgan fingerprint density at radius 3 is 2.71 bits per heavy atom. The smallest absolute Gasteiger partial charge is 0.142 e. The number of ether oxygens (including phenoxy) is 1. The molecule has 0 spiro atoms. The second-order valence-corrected chi connectivity index (χ2v) is 4.61. The van der Waals surface area contributed by atoms with Crippen molar-refractivity contribution in [1.29, 1.82) is 0 Å². The summed E-state index contributed by atoms with van der Waals surface area (Å²) in [4.78, 5) is 0. The third kappa shape index (κ3) is 3.95. The first-order valence-corrected chi connectivity index (χ1v) is 6.09. The van der Waals surface area contributed by atoms with Crippen molar-refractivity contribution >= 4 is 11.6 Å². The van der Waals surface area contributed by atoms with Crippen molar-refractivity contribution in [2.75, 3.05) is 20.8 Å². The maximum absolute atomic E-state index is 13.4. The van der Waals surface area contributed by atoms with E-state index in [1.807, 2.05) is 13.1 Å². The average Bonchev–Trinajstić information content (AvgIpc) is 2.32. The summed E-state index contributed by atoms with van der Waals surface area (Å²) in [6, 6.07) is 5.05. The first-order chi connectivity index (χ1) is 8.10. The molecule has 17 heavy (non-hydrogen) atoms. The van der Waals surface area contributed by atoms with Gasteiger partial charge in [-0.05, 0) is 37.1 Å². The van der Waals surface area contributed by atoms with Gasteiger partial charge in [0.1, 0.15) is 5.82 Å². The quantitative estimate of drug-likeness (QED) is 0.845. The molecule has 0 aliphatic heterocycles. The highest BCUT2D eigenvalue weighted by Crippen LogP contribution is 2.26. The standard InChI is InChI=1S/C13H19ClFNO/c1-9(6-7-17-3)13(16-2)10-4-5-11(14)12(15)8-10/h4-5,8-9,13,16H,6-7H2,1-3H3. The van der Waals surface area contributed by atoms with Crippen molar-refractivity contribution in [2.24, 2.45) is 5.92 Å². The SMILES string of the molecule is CNC(c1ccc(Cl)c(F)c1)C(C)CCOC. The Hall–Kier alpha value is -0.640. The predicted molar refractivity (Wildman–Crippen MR) is 68.9 cm³/mol. The first-order valence-electron chi connectivity index (χ1n) is 5.71. The lowest BCUT2D eigenvalue weighted by molar-refractivity contribution is 0.171. The Labute approximate surface area is 107 Å². The van der Waals surface area contributed by atoms with E-state index in [2.05, 4.69) is 12.2 Å². The molecule has 1 N–H and O–H groups in total. The Morgan fingerprint density at radius 2 is 2.18 bits per heavy atom. The molecule has 4 heteroatoms. The van der Waals surface area contributed by atoms with Gasteiger partial charge in [0.15, 0.2) is 0 Å². The van der Waals surface area contributed by atoms with Crippen LogP contribution in [0.15, 0.2) is 18.2 Å². The monoisotopic (exact) mass is 259 g/mol. The molecule has 0 aromatic heterocycles. The highest BCUT2D eigenvalue weighted by molar-refractivity contribution is 6.30. The third-order valence-electron chi connectivity index (χ3n) is 2.96. The lowest BCUT2D eigenvalue weighted by Crippen LogP contribution is -2.24. The molecule has 2 nitrogen and oxygen atoms in total. The minimum Gasteiger partial charge on any atom is -0.385 e. The van der Waals surface area contributed by atoms with E-state index in [1.165, 1.54) is 6.07 Å². The van der Waals surface area contributed by atoms with E-state index in [4.69, 9.17) is 16.3 Å². The van der Waals surface area contributed by atoms with Gasteiger partial charge in [0.05, 0.1) is 5.02 Å². The van der Waals surface area contributed by atoms with Crippen LogP contribution in [0.2, 0.25) is 5.02 Å². The Balaban J connectivity index is 2.81.